The van der Waals surface area contributed by atoms with Gasteiger partial charge in [0.2, 0.25) is 0 Å². The van der Waals surface area contributed by atoms with Gasteiger partial charge in [0, 0.05) is 5.56 Å². The number of amides is 1. The average molecular weight is 534 g/mol. The topological polar surface area (TPSA) is 90.3 Å². The Kier molecular flexibility index (Phi) is 7.72. The van der Waals surface area contributed by atoms with Gasteiger partial charge in [0.1, 0.15) is 6.10 Å². The lowest BCUT2D eigenvalue weighted by Crippen LogP contribution is -2.33. The van der Waals surface area contributed by atoms with Crippen LogP contribution in [0.3, 0.4) is 0 Å². The molecular weight excluding hydrogens is 507 g/mol. The van der Waals surface area contributed by atoms with Crippen LogP contribution in [0.4, 0.5) is 18.0 Å². The summed E-state index contributed by atoms with van der Waals surface area (Å²) in [5.74, 6) is 0. The Bertz CT molecular complexity index is 1380. The molecule has 4 rings (SSSR count). The van der Waals surface area contributed by atoms with Gasteiger partial charge in [-0.05, 0) is 69.0 Å². The first-order valence-electron chi connectivity index (χ1n) is 11.8. The summed E-state index contributed by atoms with van der Waals surface area (Å²) in [6.07, 6.45) is 1.80. The maximum Gasteiger partial charge on any atom is 0.435 e. The van der Waals surface area contributed by atoms with Crippen molar-refractivity contribution in [1.29, 1.82) is 0 Å². The summed E-state index contributed by atoms with van der Waals surface area (Å²) in [6.45, 7) is 1.86. The van der Waals surface area contributed by atoms with E-state index in [9.17, 15) is 26.4 Å². The van der Waals surface area contributed by atoms with Crippen molar-refractivity contribution in [2.24, 2.45) is 0 Å². The van der Waals surface area contributed by atoms with E-state index in [0.717, 1.165) is 42.0 Å². The number of carbonyl (C=O) groups is 1. The van der Waals surface area contributed by atoms with E-state index in [-0.39, 0.29) is 16.3 Å². The van der Waals surface area contributed by atoms with Gasteiger partial charge in [-0.1, -0.05) is 42.3 Å². The summed E-state index contributed by atoms with van der Waals surface area (Å²) in [4.78, 5) is 12.0. The summed E-state index contributed by atoms with van der Waals surface area (Å²) >= 11 is 0. The Morgan fingerprint density at radius 1 is 1.05 bits per heavy atom. The second kappa shape index (κ2) is 10.8. The third kappa shape index (κ3) is 6.59. The summed E-state index contributed by atoms with van der Waals surface area (Å²) < 4.78 is 73.9. The third-order valence-corrected chi connectivity index (χ3v) is 7.25. The highest BCUT2D eigenvalue weighted by atomic mass is 32.2. The Hall–Kier alpha value is -3.60. The molecule has 0 radical (unpaired) electrons. The van der Waals surface area contributed by atoms with Gasteiger partial charge in [-0.15, -0.1) is 0 Å². The number of benzene rings is 2. The molecule has 3 aromatic rings. The maximum absolute atomic E-state index is 13.4. The van der Waals surface area contributed by atoms with Gasteiger partial charge >= 0.3 is 12.3 Å². The molecule has 11 heteroatoms. The predicted molar refractivity (Wildman–Crippen MR) is 132 cm³/mol. The lowest BCUT2D eigenvalue weighted by atomic mass is 10.0. The standard InChI is InChI=1S/C26H26F3N3O4S/c1-18-9-11-19(12-10-18)23-17-24(26(27,28)29)30-32(23)20-13-15-22(16-14-20)37(34,35)31-25(33)36-21-7-5-3-2-4-6-8-21/h5,7,9-17,21H,2-4,6,8H2,1H3,(H,31,33). The summed E-state index contributed by atoms with van der Waals surface area (Å²) in [5.41, 5.74) is 0.784. The molecule has 0 bridgehead atoms. The molecule has 0 spiro atoms. The van der Waals surface area contributed by atoms with Crippen LogP contribution in [-0.4, -0.2) is 30.4 Å². The summed E-state index contributed by atoms with van der Waals surface area (Å²) in [5, 5.41) is 3.72. The quantitative estimate of drug-likeness (QED) is 0.396. The van der Waals surface area contributed by atoms with Gasteiger partial charge < -0.3 is 4.74 Å². The van der Waals surface area contributed by atoms with E-state index >= 15 is 0 Å². The van der Waals surface area contributed by atoms with Crippen LogP contribution >= 0.6 is 0 Å². The highest BCUT2D eigenvalue weighted by Gasteiger charge is 2.35. The monoisotopic (exact) mass is 533 g/mol. The Balaban J connectivity index is 1.56. The first-order chi connectivity index (χ1) is 17.5. The van der Waals surface area contributed by atoms with Gasteiger partial charge in [-0.3, -0.25) is 0 Å². The van der Waals surface area contributed by atoms with E-state index in [1.54, 1.807) is 30.3 Å². The van der Waals surface area contributed by atoms with Crippen molar-refractivity contribution in [2.75, 3.05) is 0 Å². The molecule has 1 N–H and O–H groups in total. The molecule has 0 saturated heterocycles. The van der Waals surface area contributed by atoms with Gasteiger partial charge in [-0.25, -0.2) is 22.6 Å². The molecule has 196 valence electrons. The lowest BCUT2D eigenvalue weighted by Gasteiger charge is -2.16. The minimum absolute atomic E-state index is 0.192. The van der Waals surface area contributed by atoms with Gasteiger partial charge in [0.15, 0.2) is 5.69 Å². The van der Waals surface area contributed by atoms with Crippen molar-refractivity contribution in [3.05, 3.63) is 78.0 Å². The van der Waals surface area contributed by atoms with E-state index in [4.69, 9.17) is 4.74 Å². The molecule has 1 atom stereocenters. The number of allylic oxidation sites excluding steroid dienone is 1. The van der Waals surface area contributed by atoms with Crippen LogP contribution in [0.1, 0.15) is 43.4 Å². The lowest BCUT2D eigenvalue weighted by molar-refractivity contribution is -0.141. The highest BCUT2D eigenvalue weighted by Crippen LogP contribution is 2.33. The number of hydrogen-bond donors (Lipinski definition) is 1. The highest BCUT2D eigenvalue weighted by molar-refractivity contribution is 7.90. The van der Waals surface area contributed by atoms with Crippen LogP contribution in [0.15, 0.2) is 71.6 Å². The number of ether oxygens (including phenoxy) is 1. The molecule has 37 heavy (non-hydrogen) atoms. The van der Waals surface area contributed by atoms with Crippen LogP contribution in [-0.2, 0) is 20.9 Å². The molecule has 0 saturated carbocycles. The van der Waals surface area contributed by atoms with Crippen molar-refractivity contribution in [3.8, 4) is 16.9 Å². The fraction of sp³-hybridized carbons (Fsp3) is 0.308. The number of aromatic nitrogens is 2. The first kappa shape index (κ1) is 26.5. The Morgan fingerprint density at radius 3 is 2.43 bits per heavy atom. The number of rotatable bonds is 5. The molecular formula is C26H26F3N3O4S. The maximum atomic E-state index is 13.4. The Morgan fingerprint density at radius 2 is 1.76 bits per heavy atom. The normalized spacial score (nSPS) is 16.6. The number of aryl methyl sites for hydroxylation is 1. The van der Waals surface area contributed by atoms with Gasteiger partial charge in [-0.2, -0.15) is 18.3 Å². The van der Waals surface area contributed by atoms with Crippen LogP contribution in [0.5, 0.6) is 0 Å². The van der Waals surface area contributed by atoms with Crippen molar-refractivity contribution in [2.45, 2.75) is 56.2 Å². The van der Waals surface area contributed by atoms with Crippen LogP contribution < -0.4 is 4.72 Å². The molecule has 7 nitrogen and oxygen atoms in total. The number of halogens is 3. The van der Waals surface area contributed by atoms with Crippen molar-refractivity contribution in [1.82, 2.24) is 14.5 Å². The molecule has 0 aliphatic heterocycles. The number of alkyl halides is 3. The van der Waals surface area contributed by atoms with Crippen molar-refractivity contribution >= 4 is 16.1 Å². The van der Waals surface area contributed by atoms with E-state index in [0.29, 0.717) is 12.0 Å². The van der Waals surface area contributed by atoms with E-state index in [1.807, 2.05) is 17.7 Å². The number of hydrogen-bond acceptors (Lipinski definition) is 5. The minimum Gasteiger partial charge on any atom is -0.441 e. The number of sulfonamides is 1. The summed E-state index contributed by atoms with van der Waals surface area (Å²) in [6, 6.07) is 12.9. The van der Waals surface area contributed by atoms with E-state index in [2.05, 4.69) is 5.10 Å². The smallest absolute Gasteiger partial charge is 0.435 e. The van der Waals surface area contributed by atoms with Gasteiger partial charge in [0.25, 0.3) is 10.0 Å². The zero-order valence-electron chi connectivity index (χ0n) is 20.0. The van der Waals surface area contributed by atoms with Crippen LogP contribution in [0.2, 0.25) is 0 Å². The average Bonchev–Trinajstić information content (AvgIpc) is 3.27. The number of carbonyl (C=O) groups excluding carboxylic acids is 1. The summed E-state index contributed by atoms with van der Waals surface area (Å²) in [7, 11) is -4.27. The Labute approximate surface area is 213 Å². The molecule has 1 aliphatic rings. The second-order valence-electron chi connectivity index (χ2n) is 8.80. The number of nitrogens with zero attached hydrogens (tertiary/aromatic N) is 2. The second-order valence-corrected chi connectivity index (χ2v) is 10.5. The van der Waals surface area contributed by atoms with E-state index < -0.39 is 34.1 Å². The molecule has 1 unspecified atom stereocenters. The first-order valence-corrected chi connectivity index (χ1v) is 13.3. The fourth-order valence-corrected chi connectivity index (χ4v) is 4.85. The zero-order chi connectivity index (χ0) is 26.6. The molecule has 0 fully saturated rings. The SMILES string of the molecule is Cc1ccc(-c2cc(C(F)(F)F)nn2-c2ccc(S(=O)(=O)NC(=O)OC3C=CCCCCC3)cc2)cc1. The zero-order valence-corrected chi connectivity index (χ0v) is 20.8. The molecule has 1 aliphatic carbocycles. The fourth-order valence-electron chi connectivity index (χ4n) is 3.97. The predicted octanol–water partition coefficient (Wildman–Crippen LogP) is 6.17. The molecule has 1 aromatic heterocycles. The number of nitrogens with one attached hydrogen (secondary N) is 1. The largest absolute Gasteiger partial charge is 0.441 e. The molecule has 1 amide bonds. The van der Waals surface area contributed by atoms with Crippen LogP contribution in [0, 0.1) is 6.92 Å². The van der Waals surface area contributed by atoms with Crippen LogP contribution in [0.25, 0.3) is 16.9 Å². The van der Waals surface area contributed by atoms with Crippen molar-refractivity contribution in [3.63, 3.8) is 0 Å². The van der Waals surface area contributed by atoms with E-state index in [1.165, 1.54) is 24.3 Å². The molecule has 1 heterocycles. The third-order valence-electron chi connectivity index (χ3n) is 5.92. The van der Waals surface area contributed by atoms with Gasteiger partial charge in [0.05, 0.1) is 16.3 Å². The minimum atomic E-state index is -4.66. The van der Waals surface area contributed by atoms with Crippen molar-refractivity contribution < 1.29 is 31.1 Å². The molecule has 2 aromatic carbocycles.